The average Bonchev–Trinajstić information content (AvgIpc) is 2.32. The Morgan fingerprint density at radius 1 is 1.12 bits per heavy atom. The third-order valence-corrected chi connectivity index (χ3v) is 3.89. The molecule has 17 heavy (non-hydrogen) atoms. The zero-order valence-electron chi connectivity index (χ0n) is 8.79. The van der Waals surface area contributed by atoms with E-state index in [2.05, 4.69) is 31.9 Å². The molecule has 0 fully saturated rings. The highest BCUT2D eigenvalue weighted by Gasteiger charge is 2.04. The van der Waals surface area contributed by atoms with Gasteiger partial charge in [0.15, 0.2) is 0 Å². The highest BCUT2D eigenvalue weighted by Crippen LogP contribution is 2.31. The molecule has 0 bridgehead atoms. The van der Waals surface area contributed by atoms with Crippen LogP contribution in [0.15, 0.2) is 46.9 Å². The lowest BCUT2D eigenvalue weighted by Gasteiger charge is -2.09. The van der Waals surface area contributed by atoms with Crippen molar-refractivity contribution < 1.29 is 4.74 Å². The maximum absolute atomic E-state index is 6.03. The number of rotatable bonds is 3. The summed E-state index contributed by atoms with van der Waals surface area (Å²) in [4.78, 5) is 0. The number of benzene rings is 2. The number of halogens is 3. The van der Waals surface area contributed by atoms with E-state index in [1.807, 2.05) is 36.4 Å². The highest BCUT2D eigenvalue weighted by atomic mass is 79.9. The normalized spacial score (nSPS) is 10.3. The summed E-state index contributed by atoms with van der Waals surface area (Å²) in [6, 6.07) is 13.3. The van der Waals surface area contributed by atoms with E-state index in [4.69, 9.17) is 16.3 Å². The van der Waals surface area contributed by atoms with Gasteiger partial charge in [-0.25, -0.2) is 0 Å². The predicted molar refractivity (Wildman–Crippen MR) is 78.3 cm³/mol. The molecule has 0 spiro atoms. The monoisotopic (exact) mass is 374 g/mol. The third-order valence-electron chi connectivity index (χ3n) is 2.23. The Hall–Kier alpha value is -0.510. The van der Waals surface area contributed by atoms with E-state index in [0.29, 0.717) is 10.8 Å². The van der Waals surface area contributed by atoms with Crippen molar-refractivity contribution in [3.63, 3.8) is 0 Å². The largest absolute Gasteiger partial charge is 0.456 e. The summed E-state index contributed by atoms with van der Waals surface area (Å²) >= 11 is 12.9. The van der Waals surface area contributed by atoms with Gasteiger partial charge in [0.25, 0.3) is 0 Å². The third kappa shape index (κ3) is 3.24. The van der Waals surface area contributed by atoms with Crippen LogP contribution in [0.2, 0.25) is 5.02 Å². The molecule has 0 aliphatic heterocycles. The van der Waals surface area contributed by atoms with Crippen molar-refractivity contribution in [3.05, 3.63) is 57.5 Å². The first kappa shape index (κ1) is 12.9. The molecule has 0 aromatic heterocycles. The Balaban J connectivity index is 2.25. The van der Waals surface area contributed by atoms with Gasteiger partial charge >= 0.3 is 0 Å². The Kier molecular flexibility index (Phi) is 4.48. The molecule has 0 saturated heterocycles. The van der Waals surface area contributed by atoms with Gasteiger partial charge in [-0.05, 0) is 29.8 Å². The summed E-state index contributed by atoms with van der Waals surface area (Å²) in [7, 11) is 0. The molecule has 0 unspecified atom stereocenters. The minimum Gasteiger partial charge on any atom is -0.456 e. The van der Waals surface area contributed by atoms with Crippen LogP contribution in [-0.2, 0) is 5.33 Å². The second-order valence-electron chi connectivity index (χ2n) is 3.42. The lowest BCUT2D eigenvalue weighted by molar-refractivity contribution is 0.482. The van der Waals surface area contributed by atoms with E-state index in [9.17, 15) is 0 Å². The second-order valence-corrected chi connectivity index (χ2v) is 5.24. The molecule has 0 radical (unpaired) electrons. The Labute approximate surface area is 122 Å². The Morgan fingerprint density at radius 2 is 1.88 bits per heavy atom. The van der Waals surface area contributed by atoms with Crippen LogP contribution in [-0.4, -0.2) is 0 Å². The predicted octanol–water partition coefficient (Wildman–Crippen LogP) is 5.79. The van der Waals surface area contributed by atoms with Gasteiger partial charge in [0, 0.05) is 9.80 Å². The van der Waals surface area contributed by atoms with Crippen LogP contribution in [0.25, 0.3) is 0 Å². The SMILES string of the molecule is Clc1ccccc1Oc1ccc(CBr)c(Br)c1. The Morgan fingerprint density at radius 3 is 2.53 bits per heavy atom. The molecule has 4 heteroatoms. The molecule has 0 N–H and O–H groups in total. The molecule has 2 rings (SSSR count). The minimum atomic E-state index is 0.605. The van der Waals surface area contributed by atoms with Crippen LogP contribution in [0.4, 0.5) is 0 Å². The number of hydrogen-bond donors (Lipinski definition) is 0. The van der Waals surface area contributed by atoms with E-state index >= 15 is 0 Å². The van der Waals surface area contributed by atoms with Crippen molar-refractivity contribution in [2.45, 2.75) is 5.33 Å². The zero-order chi connectivity index (χ0) is 12.3. The van der Waals surface area contributed by atoms with Gasteiger partial charge < -0.3 is 4.74 Å². The van der Waals surface area contributed by atoms with Crippen LogP contribution < -0.4 is 4.74 Å². The lowest BCUT2D eigenvalue weighted by atomic mass is 10.2. The Bertz CT molecular complexity index is 529. The van der Waals surface area contributed by atoms with Crippen molar-refractivity contribution in [2.75, 3.05) is 0 Å². The van der Waals surface area contributed by atoms with Gasteiger partial charge in [0.2, 0.25) is 0 Å². The molecular formula is C13H9Br2ClO. The standard InChI is InChI=1S/C13H9Br2ClO/c14-8-9-5-6-10(7-11(9)15)17-13-4-2-1-3-12(13)16/h1-7H,8H2. The molecule has 2 aromatic rings. The summed E-state index contributed by atoms with van der Waals surface area (Å²) in [6.07, 6.45) is 0. The maximum Gasteiger partial charge on any atom is 0.146 e. The maximum atomic E-state index is 6.03. The van der Waals surface area contributed by atoms with E-state index in [1.54, 1.807) is 6.07 Å². The van der Waals surface area contributed by atoms with Crippen molar-refractivity contribution in [2.24, 2.45) is 0 Å². The minimum absolute atomic E-state index is 0.605. The average molecular weight is 376 g/mol. The van der Waals surface area contributed by atoms with Gasteiger partial charge in [-0.3, -0.25) is 0 Å². The van der Waals surface area contributed by atoms with Crippen LogP contribution >= 0.6 is 43.5 Å². The molecule has 2 aromatic carbocycles. The summed E-state index contributed by atoms with van der Waals surface area (Å²) in [6.45, 7) is 0. The van der Waals surface area contributed by atoms with Crippen molar-refractivity contribution in [3.8, 4) is 11.5 Å². The van der Waals surface area contributed by atoms with Gasteiger partial charge in [-0.1, -0.05) is 61.7 Å². The van der Waals surface area contributed by atoms with Crippen molar-refractivity contribution >= 4 is 43.5 Å². The lowest BCUT2D eigenvalue weighted by Crippen LogP contribution is -1.87. The van der Waals surface area contributed by atoms with Crippen LogP contribution in [0.5, 0.6) is 11.5 Å². The summed E-state index contributed by atoms with van der Waals surface area (Å²) in [5.74, 6) is 1.42. The van der Waals surface area contributed by atoms with E-state index in [1.165, 1.54) is 5.56 Å². The fourth-order valence-electron chi connectivity index (χ4n) is 1.35. The van der Waals surface area contributed by atoms with Gasteiger partial charge in [0.05, 0.1) is 5.02 Å². The van der Waals surface area contributed by atoms with E-state index in [-0.39, 0.29) is 0 Å². The summed E-state index contributed by atoms with van der Waals surface area (Å²) < 4.78 is 6.73. The highest BCUT2D eigenvalue weighted by molar-refractivity contribution is 9.10. The first-order chi connectivity index (χ1) is 8.20. The molecule has 0 amide bonds. The molecular weight excluding hydrogens is 367 g/mol. The van der Waals surface area contributed by atoms with Gasteiger partial charge in [0.1, 0.15) is 11.5 Å². The second kappa shape index (κ2) is 5.89. The van der Waals surface area contributed by atoms with E-state index in [0.717, 1.165) is 15.6 Å². The van der Waals surface area contributed by atoms with Crippen LogP contribution in [0.3, 0.4) is 0 Å². The molecule has 0 aliphatic rings. The topological polar surface area (TPSA) is 9.23 Å². The molecule has 88 valence electrons. The summed E-state index contributed by atoms with van der Waals surface area (Å²) in [5, 5.41) is 1.41. The quantitative estimate of drug-likeness (QED) is 0.616. The first-order valence-electron chi connectivity index (χ1n) is 4.97. The molecule has 0 saturated carbocycles. The molecule has 1 nitrogen and oxygen atoms in total. The zero-order valence-corrected chi connectivity index (χ0v) is 12.7. The molecule has 0 heterocycles. The molecule has 0 aliphatic carbocycles. The van der Waals surface area contributed by atoms with Crippen LogP contribution in [0, 0.1) is 0 Å². The number of ether oxygens (including phenoxy) is 1. The fourth-order valence-corrected chi connectivity index (χ4v) is 2.89. The first-order valence-corrected chi connectivity index (χ1v) is 7.26. The smallest absolute Gasteiger partial charge is 0.146 e. The molecule has 0 atom stereocenters. The van der Waals surface area contributed by atoms with E-state index < -0.39 is 0 Å². The van der Waals surface area contributed by atoms with Gasteiger partial charge in [-0.15, -0.1) is 0 Å². The number of hydrogen-bond acceptors (Lipinski definition) is 1. The fraction of sp³-hybridized carbons (Fsp3) is 0.0769. The van der Waals surface area contributed by atoms with Crippen molar-refractivity contribution in [1.82, 2.24) is 0 Å². The number of para-hydroxylation sites is 1. The van der Waals surface area contributed by atoms with Crippen molar-refractivity contribution in [1.29, 1.82) is 0 Å². The van der Waals surface area contributed by atoms with Gasteiger partial charge in [-0.2, -0.15) is 0 Å². The van der Waals surface area contributed by atoms with Crippen LogP contribution in [0.1, 0.15) is 5.56 Å². The number of alkyl halides is 1. The summed E-state index contributed by atoms with van der Waals surface area (Å²) in [5.41, 5.74) is 1.18.